The van der Waals surface area contributed by atoms with Crippen LogP contribution in [0.2, 0.25) is 0 Å². The Morgan fingerprint density at radius 2 is 2.29 bits per heavy atom. The molecule has 2 fully saturated rings. The number of hydrogen-bond acceptors (Lipinski definition) is 5. The molecule has 2 unspecified atom stereocenters. The molecular formula is C13H19N5O3. The van der Waals surface area contributed by atoms with Gasteiger partial charge in [0, 0.05) is 32.1 Å². The summed E-state index contributed by atoms with van der Waals surface area (Å²) in [7, 11) is 0. The highest BCUT2D eigenvalue weighted by molar-refractivity contribution is 5.84. The molecule has 0 bridgehead atoms. The molecule has 2 atom stereocenters. The maximum Gasteiger partial charge on any atom is 0.358 e. The zero-order chi connectivity index (χ0) is 14.8. The van der Waals surface area contributed by atoms with Crippen molar-refractivity contribution < 1.29 is 14.7 Å². The highest BCUT2D eigenvalue weighted by atomic mass is 16.4. The quantitative estimate of drug-likeness (QED) is 0.782. The minimum absolute atomic E-state index is 0.0244. The number of aromatic carboxylic acids is 1. The molecular weight excluding hydrogens is 274 g/mol. The smallest absolute Gasteiger partial charge is 0.358 e. The van der Waals surface area contributed by atoms with Gasteiger partial charge >= 0.3 is 5.97 Å². The average Bonchev–Trinajstić information content (AvgIpc) is 2.94. The van der Waals surface area contributed by atoms with Crippen molar-refractivity contribution in [3.63, 3.8) is 0 Å². The van der Waals surface area contributed by atoms with Crippen molar-refractivity contribution in [1.29, 1.82) is 0 Å². The van der Waals surface area contributed by atoms with Gasteiger partial charge in [-0.3, -0.25) is 9.48 Å². The molecule has 1 aromatic heterocycles. The Labute approximate surface area is 122 Å². The number of carboxylic acids is 1. The second-order valence-corrected chi connectivity index (χ2v) is 5.73. The maximum atomic E-state index is 11.4. The van der Waals surface area contributed by atoms with Crippen molar-refractivity contribution >= 4 is 11.9 Å². The predicted octanol–water partition coefficient (Wildman–Crippen LogP) is -0.423. The third-order valence-corrected chi connectivity index (χ3v) is 4.31. The van der Waals surface area contributed by atoms with E-state index < -0.39 is 5.97 Å². The molecule has 2 N–H and O–H groups in total. The highest BCUT2D eigenvalue weighted by Crippen LogP contribution is 2.25. The first kappa shape index (κ1) is 14.0. The molecule has 3 rings (SSSR count). The van der Waals surface area contributed by atoms with Crippen LogP contribution in [0, 0.1) is 5.92 Å². The van der Waals surface area contributed by atoms with Gasteiger partial charge in [0.05, 0.1) is 12.7 Å². The van der Waals surface area contributed by atoms with Crippen LogP contribution in [0.1, 0.15) is 29.8 Å². The van der Waals surface area contributed by atoms with Crippen LogP contribution >= 0.6 is 0 Å². The lowest BCUT2D eigenvalue weighted by Gasteiger charge is -2.41. The number of rotatable bonds is 4. The average molecular weight is 293 g/mol. The normalized spacial score (nSPS) is 26.2. The molecule has 0 saturated carbocycles. The summed E-state index contributed by atoms with van der Waals surface area (Å²) < 4.78 is 1.57. The molecule has 0 aromatic carbocycles. The van der Waals surface area contributed by atoms with E-state index in [4.69, 9.17) is 5.11 Å². The number of piperidine rings is 2. The molecule has 114 valence electrons. The molecule has 3 heterocycles. The number of likely N-dealkylation sites (tertiary alicyclic amines) is 1. The monoisotopic (exact) mass is 293 g/mol. The van der Waals surface area contributed by atoms with Gasteiger partial charge in [-0.2, -0.15) is 0 Å². The largest absolute Gasteiger partial charge is 0.476 e. The van der Waals surface area contributed by atoms with Crippen molar-refractivity contribution in [2.75, 3.05) is 19.6 Å². The second-order valence-electron chi connectivity index (χ2n) is 5.73. The van der Waals surface area contributed by atoms with Gasteiger partial charge in [0.2, 0.25) is 5.91 Å². The van der Waals surface area contributed by atoms with Gasteiger partial charge in [-0.1, -0.05) is 5.21 Å². The van der Waals surface area contributed by atoms with Crippen molar-refractivity contribution in [1.82, 2.24) is 25.2 Å². The van der Waals surface area contributed by atoms with Crippen LogP contribution in [0.3, 0.4) is 0 Å². The third kappa shape index (κ3) is 3.21. The van der Waals surface area contributed by atoms with Crippen LogP contribution in [0.4, 0.5) is 0 Å². The second kappa shape index (κ2) is 5.80. The molecule has 2 aliphatic rings. The van der Waals surface area contributed by atoms with E-state index in [1.807, 2.05) is 0 Å². The van der Waals surface area contributed by atoms with Gasteiger partial charge in [0.25, 0.3) is 0 Å². The molecule has 2 aliphatic heterocycles. The summed E-state index contributed by atoms with van der Waals surface area (Å²) >= 11 is 0. The van der Waals surface area contributed by atoms with E-state index in [0.29, 0.717) is 24.9 Å². The minimum atomic E-state index is -1.06. The fourth-order valence-corrected chi connectivity index (χ4v) is 3.14. The fourth-order valence-electron chi connectivity index (χ4n) is 3.14. The first-order chi connectivity index (χ1) is 10.1. The highest BCUT2D eigenvalue weighted by Gasteiger charge is 2.33. The molecule has 1 amide bonds. The van der Waals surface area contributed by atoms with Crippen LogP contribution in [0.15, 0.2) is 6.20 Å². The van der Waals surface area contributed by atoms with Crippen LogP contribution < -0.4 is 5.32 Å². The van der Waals surface area contributed by atoms with E-state index in [1.165, 1.54) is 6.20 Å². The zero-order valence-electron chi connectivity index (χ0n) is 11.7. The van der Waals surface area contributed by atoms with Gasteiger partial charge in [-0.25, -0.2) is 4.79 Å². The lowest BCUT2D eigenvalue weighted by molar-refractivity contribution is -0.125. The van der Waals surface area contributed by atoms with E-state index in [2.05, 4.69) is 20.5 Å². The topological polar surface area (TPSA) is 100 Å². The number of carbonyl (C=O) groups is 2. The molecule has 21 heavy (non-hydrogen) atoms. The first-order valence-electron chi connectivity index (χ1n) is 7.27. The van der Waals surface area contributed by atoms with Crippen LogP contribution in [0.25, 0.3) is 0 Å². The van der Waals surface area contributed by atoms with Crippen LogP contribution in [0.5, 0.6) is 0 Å². The zero-order valence-corrected chi connectivity index (χ0v) is 11.7. The summed E-state index contributed by atoms with van der Waals surface area (Å²) in [5.74, 6) is -0.352. The van der Waals surface area contributed by atoms with E-state index in [1.54, 1.807) is 4.68 Å². The van der Waals surface area contributed by atoms with Crippen LogP contribution in [-0.4, -0.2) is 62.6 Å². The number of amides is 1. The van der Waals surface area contributed by atoms with Gasteiger partial charge in [0.1, 0.15) is 0 Å². The maximum absolute atomic E-state index is 11.4. The number of aromatic nitrogens is 3. The van der Waals surface area contributed by atoms with E-state index >= 15 is 0 Å². The van der Waals surface area contributed by atoms with Gasteiger partial charge in [-0.05, 0) is 18.8 Å². The third-order valence-electron chi connectivity index (χ3n) is 4.31. The van der Waals surface area contributed by atoms with E-state index in [0.717, 1.165) is 32.5 Å². The molecule has 8 heteroatoms. The number of fused-ring (bicyclic) bond motifs is 1. The molecule has 0 spiro atoms. The van der Waals surface area contributed by atoms with Gasteiger partial charge < -0.3 is 15.3 Å². The molecule has 2 saturated heterocycles. The fraction of sp³-hybridized carbons (Fsp3) is 0.692. The summed E-state index contributed by atoms with van der Waals surface area (Å²) in [5, 5.41) is 19.3. The van der Waals surface area contributed by atoms with E-state index in [-0.39, 0.29) is 11.6 Å². The van der Waals surface area contributed by atoms with Crippen LogP contribution in [-0.2, 0) is 11.3 Å². The Bertz CT molecular complexity index is 544. The Balaban J connectivity index is 1.50. The summed E-state index contributed by atoms with van der Waals surface area (Å²) in [6, 6.07) is 0.326. The lowest BCUT2D eigenvalue weighted by Crippen LogP contribution is -2.54. The van der Waals surface area contributed by atoms with Crippen molar-refractivity contribution in [3.05, 3.63) is 11.9 Å². The summed E-state index contributed by atoms with van der Waals surface area (Å²) in [6.45, 7) is 3.37. The Morgan fingerprint density at radius 1 is 1.43 bits per heavy atom. The SMILES string of the molecule is O=C1CCC2CN(CCn3cc(C(=O)O)nn3)CCC2N1. The van der Waals surface area contributed by atoms with E-state index in [9.17, 15) is 9.59 Å². The standard InChI is InChI=1S/C13H19N5O3/c19-12-2-1-9-7-17(4-3-10(9)14-12)5-6-18-8-11(13(20)21)15-16-18/h8-10H,1-7H2,(H,14,19)(H,20,21). The predicted molar refractivity (Wildman–Crippen MR) is 72.7 cm³/mol. The molecule has 0 radical (unpaired) electrons. The van der Waals surface area contributed by atoms with Crippen molar-refractivity contribution in [3.8, 4) is 0 Å². The van der Waals surface area contributed by atoms with Gasteiger partial charge in [0.15, 0.2) is 5.69 Å². The summed E-state index contributed by atoms with van der Waals surface area (Å²) in [5.41, 5.74) is -0.0244. The number of nitrogens with one attached hydrogen (secondary N) is 1. The number of carboxylic acid groups (broad SMARTS) is 1. The molecule has 0 aliphatic carbocycles. The first-order valence-corrected chi connectivity index (χ1v) is 7.27. The summed E-state index contributed by atoms with van der Waals surface area (Å²) in [6.07, 6.45) is 4.02. The van der Waals surface area contributed by atoms with Crippen molar-refractivity contribution in [2.45, 2.75) is 31.8 Å². The Kier molecular flexibility index (Phi) is 3.87. The Hall–Kier alpha value is -1.96. The summed E-state index contributed by atoms with van der Waals surface area (Å²) in [4.78, 5) is 24.5. The minimum Gasteiger partial charge on any atom is -0.476 e. The van der Waals surface area contributed by atoms with Gasteiger partial charge in [-0.15, -0.1) is 5.10 Å². The molecule has 8 nitrogen and oxygen atoms in total. The van der Waals surface area contributed by atoms with Crippen molar-refractivity contribution in [2.24, 2.45) is 5.92 Å². The lowest BCUT2D eigenvalue weighted by atomic mass is 9.85. The Morgan fingerprint density at radius 3 is 3.05 bits per heavy atom. The number of hydrogen-bond donors (Lipinski definition) is 2. The number of nitrogens with zero attached hydrogens (tertiary/aromatic N) is 4. The molecule has 1 aromatic rings. The number of carbonyl (C=O) groups excluding carboxylic acids is 1.